The molecule has 1 aliphatic carbocycles. The summed E-state index contributed by atoms with van der Waals surface area (Å²) >= 11 is 0. The molecule has 3 N–H and O–H groups in total. The third-order valence-electron chi connectivity index (χ3n) is 3.62. The topological polar surface area (TPSA) is 46.2 Å². The smallest absolute Gasteiger partial charge is 0.419 e. The molecule has 0 amide bonds. The number of benzene rings is 1. The Kier molecular flexibility index (Phi) is 3.27. The summed E-state index contributed by atoms with van der Waals surface area (Å²) in [6.07, 6.45) is -0.240. The summed E-state index contributed by atoms with van der Waals surface area (Å²) in [5, 5.41) is 9.29. The minimum absolute atomic E-state index is 0.465. The number of hydrogen-bond acceptors (Lipinski definition) is 2. The van der Waals surface area contributed by atoms with Crippen molar-refractivity contribution < 1.29 is 18.3 Å². The molecule has 2 nitrogen and oxygen atoms in total. The summed E-state index contributed by atoms with van der Waals surface area (Å²) < 4.78 is 38.2. The van der Waals surface area contributed by atoms with Gasteiger partial charge in [-0.25, -0.2) is 0 Å². The highest BCUT2D eigenvalue weighted by Gasteiger charge is 2.37. The normalized spacial score (nSPS) is 19.8. The van der Waals surface area contributed by atoms with Gasteiger partial charge in [0.15, 0.2) is 0 Å². The van der Waals surface area contributed by atoms with Gasteiger partial charge in [0.2, 0.25) is 0 Å². The lowest BCUT2D eigenvalue weighted by Gasteiger charge is -2.34. The van der Waals surface area contributed by atoms with E-state index in [0.29, 0.717) is 18.4 Å². The molecule has 1 fully saturated rings. The first-order chi connectivity index (χ1) is 8.33. The monoisotopic (exact) mass is 259 g/mol. The number of hydrogen-bond donors (Lipinski definition) is 2. The van der Waals surface area contributed by atoms with E-state index in [-0.39, 0.29) is 0 Å². The molecule has 2 rings (SSSR count). The van der Waals surface area contributed by atoms with Crippen LogP contribution in [0.15, 0.2) is 18.2 Å². The summed E-state index contributed by atoms with van der Waals surface area (Å²) in [5.74, 6) is -0.745. The minimum atomic E-state index is -4.55. The summed E-state index contributed by atoms with van der Waals surface area (Å²) in [6, 6.07) is 3.57. The molecule has 5 heteroatoms. The van der Waals surface area contributed by atoms with Crippen LogP contribution in [-0.2, 0) is 11.7 Å². The van der Waals surface area contributed by atoms with Gasteiger partial charge in [-0.2, -0.15) is 13.2 Å². The van der Waals surface area contributed by atoms with Crippen LogP contribution in [-0.4, -0.2) is 5.11 Å². The van der Waals surface area contributed by atoms with Crippen molar-refractivity contribution in [3.05, 3.63) is 29.3 Å². The van der Waals surface area contributed by atoms with E-state index >= 15 is 0 Å². The Labute approximate surface area is 104 Å². The van der Waals surface area contributed by atoms with Gasteiger partial charge < -0.3 is 10.8 Å². The number of rotatable bonds is 1. The molecule has 0 saturated heterocycles. The molecule has 0 atom stereocenters. The Morgan fingerprint density at radius 1 is 1.11 bits per heavy atom. The van der Waals surface area contributed by atoms with Crippen molar-refractivity contribution in [2.45, 2.75) is 43.8 Å². The Morgan fingerprint density at radius 3 is 2.28 bits per heavy atom. The van der Waals surface area contributed by atoms with Crippen LogP contribution >= 0.6 is 0 Å². The van der Waals surface area contributed by atoms with Crippen molar-refractivity contribution in [1.29, 1.82) is 0 Å². The minimum Gasteiger partial charge on any atom is -0.507 e. The first-order valence-corrected chi connectivity index (χ1v) is 6.02. The molecule has 1 aromatic rings. The van der Waals surface area contributed by atoms with E-state index < -0.39 is 23.0 Å². The zero-order chi connectivity index (χ0) is 13.4. The number of phenols is 1. The van der Waals surface area contributed by atoms with Gasteiger partial charge in [0, 0.05) is 5.54 Å². The molecule has 0 unspecified atom stereocenters. The molecule has 1 saturated carbocycles. The molecule has 0 spiro atoms. The number of nitrogens with two attached hydrogens (primary N) is 1. The van der Waals surface area contributed by atoms with Gasteiger partial charge in [0.05, 0.1) is 5.56 Å². The van der Waals surface area contributed by atoms with Crippen molar-refractivity contribution in [3.63, 3.8) is 0 Å². The Bertz CT molecular complexity index is 436. The molecule has 100 valence electrons. The molecule has 0 aliphatic heterocycles. The predicted octanol–water partition coefficient (Wildman–Crippen LogP) is 3.53. The van der Waals surface area contributed by atoms with Crippen LogP contribution in [0.4, 0.5) is 13.2 Å². The van der Waals surface area contributed by atoms with Gasteiger partial charge in [-0.05, 0) is 30.5 Å². The molecule has 1 aliphatic rings. The molecule has 18 heavy (non-hydrogen) atoms. The Hall–Kier alpha value is -1.23. The highest BCUT2D eigenvalue weighted by Crippen LogP contribution is 2.40. The van der Waals surface area contributed by atoms with Gasteiger partial charge in [-0.3, -0.25) is 0 Å². The lowest BCUT2D eigenvalue weighted by Crippen LogP contribution is -2.38. The zero-order valence-electron chi connectivity index (χ0n) is 9.93. The molecule has 0 aromatic heterocycles. The highest BCUT2D eigenvalue weighted by molar-refractivity contribution is 5.40. The lowest BCUT2D eigenvalue weighted by molar-refractivity contribution is -0.138. The van der Waals surface area contributed by atoms with Crippen LogP contribution in [0.5, 0.6) is 5.75 Å². The fraction of sp³-hybridized carbons (Fsp3) is 0.538. The first-order valence-electron chi connectivity index (χ1n) is 6.02. The van der Waals surface area contributed by atoms with Gasteiger partial charge in [-0.1, -0.05) is 25.3 Å². The lowest BCUT2D eigenvalue weighted by atomic mass is 9.77. The molecular weight excluding hydrogens is 243 g/mol. The third-order valence-corrected chi connectivity index (χ3v) is 3.62. The van der Waals surface area contributed by atoms with E-state index in [1.165, 1.54) is 6.07 Å². The molecular formula is C13H16F3NO. The van der Waals surface area contributed by atoms with Crippen molar-refractivity contribution in [2.75, 3.05) is 0 Å². The van der Waals surface area contributed by atoms with Crippen LogP contribution in [0, 0.1) is 0 Å². The third kappa shape index (κ3) is 2.46. The maximum Gasteiger partial charge on any atom is 0.419 e. The quantitative estimate of drug-likeness (QED) is 0.810. The summed E-state index contributed by atoms with van der Waals surface area (Å²) in [4.78, 5) is 0. The van der Waals surface area contributed by atoms with Crippen LogP contribution in [0.1, 0.15) is 43.2 Å². The van der Waals surface area contributed by atoms with Crippen LogP contribution in [0.25, 0.3) is 0 Å². The van der Waals surface area contributed by atoms with E-state index in [0.717, 1.165) is 31.4 Å². The second kappa shape index (κ2) is 4.46. The maximum atomic E-state index is 12.7. The van der Waals surface area contributed by atoms with E-state index in [2.05, 4.69) is 0 Å². The van der Waals surface area contributed by atoms with E-state index in [1.54, 1.807) is 0 Å². The SMILES string of the molecule is NC1(c2ccc(O)c(C(F)(F)F)c2)CCCCC1. The zero-order valence-corrected chi connectivity index (χ0v) is 9.93. The van der Waals surface area contributed by atoms with Crippen LogP contribution in [0.3, 0.4) is 0 Å². The summed E-state index contributed by atoms with van der Waals surface area (Å²) in [6.45, 7) is 0. The first kappa shape index (κ1) is 13.2. The van der Waals surface area contributed by atoms with E-state index in [9.17, 15) is 18.3 Å². The second-order valence-electron chi connectivity index (χ2n) is 4.95. The molecule has 1 aromatic carbocycles. The highest BCUT2D eigenvalue weighted by atomic mass is 19.4. The van der Waals surface area contributed by atoms with Crippen LogP contribution < -0.4 is 5.73 Å². The molecule has 0 heterocycles. The maximum absolute atomic E-state index is 12.7. The average Bonchev–Trinajstić information content (AvgIpc) is 2.28. The van der Waals surface area contributed by atoms with Gasteiger partial charge in [0.25, 0.3) is 0 Å². The second-order valence-corrected chi connectivity index (χ2v) is 4.95. The average molecular weight is 259 g/mol. The van der Waals surface area contributed by atoms with Gasteiger partial charge >= 0.3 is 6.18 Å². The van der Waals surface area contributed by atoms with E-state index in [1.807, 2.05) is 0 Å². The van der Waals surface area contributed by atoms with E-state index in [4.69, 9.17) is 5.73 Å². The Morgan fingerprint density at radius 2 is 1.72 bits per heavy atom. The van der Waals surface area contributed by atoms with Crippen molar-refractivity contribution >= 4 is 0 Å². The summed E-state index contributed by atoms with van der Waals surface area (Å²) in [5.41, 5.74) is 4.97. The summed E-state index contributed by atoms with van der Waals surface area (Å²) in [7, 11) is 0. The fourth-order valence-electron chi connectivity index (χ4n) is 2.54. The standard InChI is InChI=1S/C13H16F3NO/c14-13(15,16)10-8-9(4-5-11(10)18)12(17)6-2-1-3-7-12/h4-5,8,18H,1-3,6-7,17H2. The Balaban J connectivity index is 2.40. The number of halogens is 3. The number of alkyl halides is 3. The molecule has 0 bridgehead atoms. The number of aromatic hydroxyl groups is 1. The molecule has 0 radical (unpaired) electrons. The van der Waals surface area contributed by atoms with Crippen LogP contribution in [0.2, 0.25) is 0 Å². The largest absolute Gasteiger partial charge is 0.507 e. The van der Waals surface area contributed by atoms with Crippen molar-refractivity contribution in [1.82, 2.24) is 0 Å². The van der Waals surface area contributed by atoms with Gasteiger partial charge in [0.1, 0.15) is 5.75 Å². The number of phenolic OH excluding ortho intramolecular Hbond substituents is 1. The predicted molar refractivity (Wildman–Crippen MR) is 62.1 cm³/mol. The van der Waals surface area contributed by atoms with Crippen molar-refractivity contribution in [2.24, 2.45) is 5.73 Å². The fourth-order valence-corrected chi connectivity index (χ4v) is 2.54. The van der Waals surface area contributed by atoms with Crippen molar-refractivity contribution in [3.8, 4) is 5.75 Å². The van der Waals surface area contributed by atoms with Gasteiger partial charge in [-0.15, -0.1) is 0 Å².